The van der Waals surface area contributed by atoms with E-state index in [4.69, 9.17) is 5.11 Å². The first kappa shape index (κ1) is 16.6. The summed E-state index contributed by atoms with van der Waals surface area (Å²) in [5.74, 6) is 10.8. The molecule has 0 unspecified atom stereocenters. The molecule has 0 heterocycles. The second-order valence-electron chi connectivity index (χ2n) is 4.13. The first-order valence-electron chi connectivity index (χ1n) is 6.75. The first-order valence-corrected chi connectivity index (χ1v) is 6.75. The number of allylic oxidation sites excluding steroid dienone is 2. The molecule has 0 aliphatic heterocycles. The molecule has 0 aromatic rings. The maximum atomic E-state index is 9.05. The van der Waals surface area contributed by atoms with E-state index in [9.17, 15) is 0 Å². The van der Waals surface area contributed by atoms with Crippen molar-refractivity contribution < 1.29 is 5.11 Å². The lowest BCUT2D eigenvalue weighted by Gasteiger charge is -1.95. The van der Waals surface area contributed by atoms with E-state index in [2.05, 4.69) is 49.3 Å². The topological polar surface area (TPSA) is 20.2 Å². The number of unbranched alkanes of at least 4 members (excludes halogenated alkanes) is 5. The van der Waals surface area contributed by atoms with E-state index in [1.54, 1.807) is 0 Å². The zero-order chi connectivity index (χ0) is 13.5. The summed E-state index contributed by atoms with van der Waals surface area (Å²) in [6, 6.07) is 0. The SMILES string of the molecule is C=C[C@H](O)C#CC#CC/C=C/CCCCCCC. The van der Waals surface area contributed by atoms with E-state index < -0.39 is 6.10 Å². The Kier molecular flexibility index (Phi) is 12.5. The molecule has 0 saturated carbocycles. The molecule has 0 spiro atoms. The Balaban J connectivity index is 3.50. The Morgan fingerprint density at radius 2 is 1.89 bits per heavy atom. The van der Waals surface area contributed by atoms with Gasteiger partial charge in [0.05, 0.1) is 0 Å². The van der Waals surface area contributed by atoms with Gasteiger partial charge in [-0.25, -0.2) is 0 Å². The van der Waals surface area contributed by atoms with Crippen molar-refractivity contribution in [3.63, 3.8) is 0 Å². The molecule has 0 aliphatic rings. The molecule has 1 atom stereocenters. The maximum Gasteiger partial charge on any atom is 0.134 e. The molecular formula is C17H24O. The highest BCUT2D eigenvalue weighted by molar-refractivity contribution is 5.29. The van der Waals surface area contributed by atoms with Gasteiger partial charge < -0.3 is 5.11 Å². The van der Waals surface area contributed by atoms with Crippen LogP contribution in [0, 0.1) is 23.7 Å². The molecule has 0 bridgehead atoms. The molecule has 0 fully saturated rings. The second-order valence-corrected chi connectivity index (χ2v) is 4.13. The number of aliphatic hydroxyl groups excluding tert-OH is 1. The summed E-state index contributed by atoms with van der Waals surface area (Å²) in [5, 5.41) is 9.05. The van der Waals surface area contributed by atoms with Crippen LogP contribution in [0.2, 0.25) is 0 Å². The van der Waals surface area contributed by atoms with Crippen LogP contribution in [-0.4, -0.2) is 11.2 Å². The van der Waals surface area contributed by atoms with Crippen LogP contribution in [0.15, 0.2) is 24.8 Å². The number of hydrogen-bond donors (Lipinski definition) is 1. The minimum atomic E-state index is -0.766. The number of hydrogen-bond acceptors (Lipinski definition) is 1. The van der Waals surface area contributed by atoms with E-state index in [0.29, 0.717) is 0 Å². The van der Waals surface area contributed by atoms with Crippen LogP contribution in [0.5, 0.6) is 0 Å². The summed E-state index contributed by atoms with van der Waals surface area (Å²) in [7, 11) is 0. The third-order valence-electron chi connectivity index (χ3n) is 2.46. The molecule has 0 radical (unpaired) electrons. The Labute approximate surface area is 112 Å². The minimum absolute atomic E-state index is 0.730. The van der Waals surface area contributed by atoms with Crippen LogP contribution in [0.4, 0.5) is 0 Å². The zero-order valence-corrected chi connectivity index (χ0v) is 11.4. The van der Waals surface area contributed by atoms with Crippen LogP contribution >= 0.6 is 0 Å². The molecule has 0 rings (SSSR count). The van der Waals surface area contributed by atoms with Gasteiger partial charge in [0.2, 0.25) is 0 Å². The number of aliphatic hydroxyl groups is 1. The predicted octanol–water partition coefficient (Wildman–Crippen LogP) is 3.85. The van der Waals surface area contributed by atoms with Crippen molar-refractivity contribution in [2.24, 2.45) is 0 Å². The number of rotatable bonds is 8. The van der Waals surface area contributed by atoms with Gasteiger partial charge in [0.25, 0.3) is 0 Å². The molecule has 0 aliphatic carbocycles. The minimum Gasteiger partial charge on any atom is -0.377 e. The molecule has 98 valence electrons. The summed E-state index contributed by atoms with van der Waals surface area (Å²) in [4.78, 5) is 0. The largest absolute Gasteiger partial charge is 0.377 e. The fourth-order valence-corrected chi connectivity index (χ4v) is 1.39. The van der Waals surface area contributed by atoms with Gasteiger partial charge in [-0.15, -0.1) is 0 Å². The lowest BCUT2D eigenvalue weighted by molar-refractivity contribution is 0.281. The lowest BCUT2D eigenvalue weighted by atomic mass is 10.1. The Hall–Kier alpha value is -1.44. The molecule has 0 aromatic carbocycles. The third kappa shape index (κ3) is 12.6. The van der Waals surface area contributed by atoms with E-state index in [0.717, 1.165) is 12.8 Å². The van der Waals surface area contributed by atoms with Gasteiger partial charge >= 0.3 is 0 Å². The van der Waals surface area contributed by atoms with Crippen molar-refractivity contribution in [1.29, 1.82) is 0 Å². The molecule has 18 heavy (non-hydrogen) atoms. The van der Waals surface area contributed by atoms with Gasteiger partial charge in [0.15, 0.2) is 0 Å². The third-order valence-corrected chi connectivity index (χ3v) is 2.46. The monoisotopic (exact) mass is 244 g/mol. The summed E-state index contributed by atoms with van der Waals surface area (Å²) in [6.07, 6.45) is 13.4. The van der Waals surface area contributed by atoms with Crippen LogP contribution in [0.3, 0.4) is 0 Å². The summed E-state index contributed by atoms with van der Waals surface area (Å²) >= 11 is 0. The normalized spacial score (nSPS) is 11.2. The lowest BCUT2D eigenvalue weighted by Crippen LogP contribution is -1.94. The summed E-state index contributed by atoms with van der Waals surface area (Å²) in [6.45, 7) is 5.66. The van der Waals surface area contributed by atoms with Gasteiger partial charge in [0.1, 0.15) is 6.10 Å². The van der Waals surface area contributed by atoms with Crippen molar-refractivity contribution in [3.8, 4) is 23.7 Å². The van der Waals surface area contributed by atoms with E-state index >= 15 is 0 Å². The highest BCUT2D eigenvalue weighted by Gasteiger charge is 1.86. The first-order chi connectivity index (χ1) is 8.81. The van der Waals surface area contributed by atoms with Crippen LogP contribution < -0.4 is 0 Å². The van der Waals surface area contributed by atoms with Gasteiger partial charge in [-0.3, -0.25) is 0 Å². The van der Waals surface area contributed by atoms with Crippen molar-refractivity contribution >= 4 is 0 Å². The molecule has 0 amide bonds. The van der Waals surface area contributed by atoms with Crippen LogP contribution in [0.25, 0.3) is 0 Å². The van der Waals surface area contributed by atoms with Crippen LogP contribution in [0.1, 0.15) is 51.9 Å². The zero-order valence-electron chi connectivity index (χ0n) is 11.4. The average Bonchev–Trinajstić information content (AvgIpc) is 2.39. The van der Waals surface area contributed by atoms with Crippen molar-refractivity contribution in [3.05, 3.63) is 24.8 Å². The molecule has 1 nitrogen and oxygen atoms in total. The van der Waals surface area contributed by atoms with E-state index in [1.807, 2.05) is 0 Å². The standard InChI is InChI=1S/C17H24O/c1-3-5-6-7-8-9-10-11-12-13-14-15-16-17(18)4-2/h4,10-11,17-18H,2-3,5-9,12H2,1H3/b11-10+/t17-/m0/s1. The quantitative estimate of drug-likeness (QED) is 0.391. The predicted molar refractivity (Wildman–Crippen MR) is 78.9 cm³/mol. The van der Waals surface area contributed by atoms with Crippen molar-refractivity contribution in [1.82, 2.24) is 0 Å². The second kappa shape index (κ2) is 13.6. The fourth-order valence-electron chi connectivity index (χ4n) is 1.39. The smallest absolute Gasteiger partial charge is 0.134 e. The summed E-state index contributed by atoms with van der Waals surface area (Å²) < 4.78 is 0. The molecular weight excluding hydrogens is 220 g/mol. The summed E-state index contributed by atoms with van der Waals surface area (Å²) in [5.41, 5.74) is 0. The van der Waals surface area contributed by atoms with E-state index in [1.165, 1.54) is 38.2 Å². The van der Waals surface area contributed by atoms with Gasteiger partial charge in [0, 0.05) is 6.42 Å². The highest BCUT2D eigenvalue weighted by Crippen LogP contribution is 2.05. The van der Waals surface area contributed by atoms with Crippen molar-refractivity contribution in [2.45, 2.75) is 58.0 Å². The Bertz CT molecular complexity index is 343. The maximum absolute atomic E-state index is 9.05. The molecule has 0 aromatic heterocycles. The Morgan fingerprint density at radius 1 is 1.11 bits per heavy atom. The van der Waals surface area contributed by atoms with Gasteiger partial charge in [-0.05, 0) is 24.7 Å². The van der Waals surface area contributed by atoms with Gasteiger partial charge in [-0.1, -0.05) is 69.3 Å². The van der Waals surface area contributed by atoms with E-state index in [-0.39, 0.29) is 0 Å². The van der Waals surface area contributed by atoms with Gasteiger partial charge in [-0.2, -0.15) is 0 Å². The molecule has 0 saturated heterocycles. The highest BCUT2D eigenvalue weighted by atomic mass is 16.3. The molecule has 1 heteroatoms. The average molecular weight is 244 g/mol. The molecule has 1 N–H and O–H groups in total. The van der Waals surface area contributed by atoms with Crippen molar-refractivity contribution in [2.75, 3.05) is 0 Å². The van der Waals surface area contributed by atoms with Crippen LogP contribution in [-0.2, 0) is 0 Å². The Morgan fingerprint density at radius 3 is 2.61 bits per heavy atom. The fraction of sp³-hybridized carbons (Fsp3) is 0.529.